The number of amides is 1. The summed E-state index contributed by atoms with van der Waals surface area (Å²) < 4.78 is 24.5. The van der Waals surface area contributed by atoms with Crippen LogP contribution in [0.5, 0.6) is 0 Å². The average molecular weight is 427 g/mol. The monoisotopic (exact) mass is 427 g/mol. The molecular formula is C24H26FNO5. The molecule has 3 rings (SSSR count). The van der Waals surface area contributed by atoms with Crippen molar-refractivity contribution >= 4 is 23.5 Å². The first-order chi connectivity index (χ1) is 14.9. The molecule has 1 amide bonds. The zero-order chi connectivity index (χ0) is 22.4. The number of hydrogen-bond donors (Lipinski definition) is 1. The lowest BCUT2D eigenvalue weighted by Crippen LogP contribution is -2.18. The third-order valence-corrected chi connectivity index (χ3v) is 5.29. The van der Waals surface area contributed by atoms with Crippen LogP contribution in [0.1, 0.15) is 49.7 Å². The molecule has 0 saturated heterocycles. The van der Waals surface area contributed by atoms with Gasteiger partial charge in [0.1, 0.15) is 5.82 Å². The van der Waals surface area contributed by atoms with Crippen molar-refractivity contribution in [1.82, 2.24) is 0 Å². The van der Waals surface area contributed by atoms with Crippen LogP contribution < -0.4 is 5.32 Å². The summed E-state index contributed by atoms with van der Waals surface area (Å²) in [7, 11) is 1.31. The van der Waals surface area contributed by atoms with Crippen LogP contribution in [0.2, 0.25) is 0 Å². The molecule has 1 N–H and O–H groups in total. The van der Waals surface area contributed by atoms with Crippen LogP contribution in [-0.2, 0) is 30.3 Å². The van der Waals surface area contributed by atoms with E-state index in [0.717, 1.165) is 0 Å². The number of nitrogens with one attached hydrogen (secondary N) is 1. The number of esters is 2. The Hall–Kier alpha value is -3.22. The largest absolute Gasteiger partial charge is 0.469 e. The number of carbonyl (C=O) groups excluding carboxylic acids is 3. The zero-order valence-electron chi connectivity index (χ0n) is 17.7. The van der Waals surface area contributed by atoms with E-state index in [2.05, 4.69) is 5.32 Å². The van der Waals surface area contributed by atoms with Gasteiger partial charge in [0.25, 0.3) is 0 Å². The van der Waals surface area contributed by atoms with Gasteiger partial charge >= 0.3 is 11.9 Å². The Morgan fingerprint density at radius 3 is 2.71 bits per heavy atom. The van der Waals surface area contributed by atoms with Gasteiger partial charge in [0, 0.05) is 17.7 Å². The number of methoxy groups -OCH3 is 1. The molecule has 2 aromatic carbocycles. The number of hydrogen-bond acceptors (Lipinski definition) is 5. The molecule has 0 radical (unpaired) electrons. The summed E-state index contributed by atoms with van der Waals surface area (Å²) in [6.45, 7) is 1.97. The molecule has 1 aliphatic rings. The molecule has 2 bridgehead atoms. The molecule has 1 aliphatic heterocycles. The van der Waals surface area contributed by atoms with Crippen molar-refractivity contribution in [3.63, 3.8) is 0 Å². The zero-order valence-corrected chi connectivity index (χ0v) is 17.7. The van der Waals surface area contributed by atoms with E-state index in [1.807, 2.05) is 0 Å². The summed E-state index contributed by atoms with van der Waals surface area (Å²) >= 11 is 0. The summed E-state index contributed by atoms with van der Waals surface area (Å²) in [5.74, 6) is -2.05. The molecule has 2 aromatic rings. The summed E-state index contributed by atoms with van der Waals surface area (Å²) in [5.41, 5.74) is 2.83. The summed E-state index contributed by atoms with van der Waals surface area (Å²) in [4.78, 5) is 36.7. The number of halogens is 1. The van der Waals surface area contributed by atoms with Crippen molar-refractivity contribution in [2.45, 2.75) is 44.9 Å². The second kappa shape index (κ2) is 10.2. The van der Waals surface area contributed by atoms with E-state index < -0.39 is 23.7 Å². The van der Waals surface area contributed by atoms with Gasteiger partial charge in [0.2, 0.25) is 5.91 Å². The lowest BCUT2D eigenvalue weighted by Gasteiger charge is -2.20. The van der Waals surface area contributed by atoms with Crippen molar-refractivity contribution in [3.05, 3.63) is 53.3 Å². The molecule has 164 valence electrons. The average Bonchev–Trinajstić information content (AvgIpc) is 2.72. The van der Waals surface area contributed by atoms with Gasteiger partial charge < -0.3 is 14.8 Å². The fourth-order valence-corrected chi connectivity index (χ4v) is 3.77. The van der Waals surface area contributed by atoms with Gasteiger partial charge in [-0.3, -0.25) is 14.4 Å². The Morgan fingerprint density at radius 1 is 1.16 bits per heavy atom. The third-order valence-electron chi connectivity index (χ3n) is 5.29. The molecule has 1 heterocycles. The Bertz CT molecular complexity index is 988. The third kappa shape index (κ3) is 5.69. The van der Waals surface area contributed by atoms with Gasteiger partial charge in [0.05, 0.1) is 26.1 Å². The van der Waals surface area contributed by atoms with Crippen LogP contribution in [0.4, 0.5) is 10.1 Å². The summed E-state index contributed by atoms with van der Waals surface area (Å²) in [6.07, 6.45) is 2.02. The normalized spacial score (nSPS) is 16.2. The standard InChI is InChI=1S/C24H26FNO5/c1-3-31-24(29)20-6-4-5-7-22(27)26-21-10-15(11-23(28)30-2)8-9-19(21)16-12-17(20)14-18(25)13-16/h8-10,12-14,20H,3-7,11H2,1-2H3,(H,26,27). The topological polar surface area (TPSA) is 81.7 Å². The minimum absolute atomic E-state index is 0.0545. The molecule has 1 unspecified atom stereocenters. The maximum Gasteiger partial charge on any atom is 0.313 e. The van der Waals surface area contributed by atoms with Crippen molar-refractivity contribution in [1.29, 1.82) is 0 Å². The molecule has 0 fully saturated rings. The Morgan fingerprint density at radius 2 is 1.97 bits per heavy atom. The van der Waals surface area contributed by atoms with Gasteiger partial charge in [-0.1, -0.05) is 24.6 Å². The number of rotatable bonds is 4. The van der Waals surface area contributed by atoms with E-state index >= 15 is 0 Å². The molecule has 0 saturated carbocycles. The first-order valence-electron chi connectivity index (χ1n) is 10.4. The van der Waals surface area contributed by atoms with Crippen LogP contribution in [0, 0.1) is 5.82 Å². The van der Waals surface area contributed by atoms with Gasteiger partial charge in [0.15, 0.2) is 0 Å². The quantitative estimate of drug-likeness (QED) is 0.733. The molecule has 7 heteroatoms. The van der Waals surface area contributed by atoms with E-state index in [4.69, 9.17) is 9.47 Å². The Labute approximate surface area is 180 Å². The Balaban J connectivity index is 2.11. The SMILES string of the molecule is CCOC(=O)C1CCCCC(=O)Nc2cc(CC(=O)OC)ccc2-c2cc(F)cc1c2. The first kappa shape index (κ1) is 22.5. The van der Waals surface area contributed by atoms with Crippen molar-refractivity contribution in [2.24, 2.45) is 0 Å². The number of ether oxygens (including phenoxy) is 2. The minimum Gasteiger partial charge on any atom is -0.469 e. The number of anilines is 1. The highest BCUT2D eigenvalue weighted by Crippen LogP contribution is 2.35. The van der Waals surface area contributed by atoms with E-state index in [1.54, 1.807) is 31.2 Å². The summed E-state index contributed by atoms with van der Waals surface area (Å²) in [6, 6.07) is 9.66. The van der Waals surface area contributed by atoms with Crippen molar-refractivity contribution in [2.75, 3.05) is 19.0 Å². The highest BCUT2D eigenvalue weighted by molar-refractivity contribution is 5.96. The van der Waals surface area contributed by atoms with Crippen LogP contribution in [0.3, 0.4) is 0 Å². The van der Waals surface area contributed by atoms with Crippen molar-refractivity contribution < 1.29 is 28.2 Å². The number of benzene rings is 2. The smallest absolute Gasteiger partial charge is 0.313 e. The van der Waals surface area contributed by atoms with E-state index in [-0.39, 0.29) is 18.9 Å². The fraction of sp³-hybridized carbons (Fsp3) is 0.375. The molecule has 0 aromatic heterocycles. The molecule has 1 atom stereocenters. The van der Waals surface area contributed by atoms with E-state index in [9.17, 15) is 18.8 Å². The Kier molecular flexibility index (Phi) is 7.39. The lowest BCUT2D eigenvalue weighted by atomic mass is 9.89. The molecule has 31 heavy (non-hydrogen) atoms. The fourth-order valence-electron chi connectivity index (χ4n) is 3.77. The second-order valence-electron chi connectivity index (χ2n) is 7.50. The maximum absolute atomic E-state index is 14.6. The van der Waals surface area contributed by atoms with Crippen LogP contribution in [-0.4, -0.2) is 31.6 Å². The van der Waals surface area contributed by atoms with E-state index in [0.29, 0.717) is 53.6 Å². The maximum atomic E-state index is 14.6. The molecule has 0 aliphatic carbocycles. The van der Waals surface area contributed by atoms with Crippen LogP contribution >= 0.6 is 0 Å². The number of fused-ring (bicyclic) bond motifs is 4. The number of carbonyl (C=O) groups is 3. The lowest BCUT2D eigenvalue weighted by molar-refractivity contribution is -0.145. The van der Waals surface area contributed by atoms with Gasteiger partial charge in [-0.2, -0.15) is 0 Å². The first-order valence-corrected chi connectivity index (χ1v) is 10.4. The second-order valence-corrected chi connectivity index (χ2v) is 7.50. The predicted octanol–water partition coefficient (Wildman–Crippen LogP) is 4.37. The molecule has 6 nitrogen and oxygen atoms in total. The highest BCUT2D eigenvalue weighted by atomic mass is 19.1. The van der Waals surface area contributed by atoms with Gasteiger partial charge in [-0.15, -0.1) is 0 Å². The van der Waals surface area contributed by atoms with Gasteiger partial charge in [-0.05, 0) is 54.7 Å². The van der Waals surface area contributed by atoms with Crippen molar-refractivity contribution in [3.8, 4) is 11.1 Å². The van der Waals surface area contributed by atoms with E-state index in [1.165, 1.54) is 19.2 Å². The molecular weight excluding hydrogens is 401 g/mol. The van der Waals surface area contributed by atoms with Gasteiger partial charge in [-0.25, -0.2) is 4.39 Å². The predicted molar refractivity (Wildman–Crippen MR) is 114 cm³/mol. The van der Waals surface area contributed by atoms with Crippen LogP contribution in [0.25, 0.3) is 11.1 Å². The van der Waals surface area contributed by atoms with Crippen LogP contribution in [0.15, 0.2) is 36.4 Å². The highest BCUT2D eigenvalue weighted by Gasteiger charge is 2.24. The summed E-state index contributed by atoms with van der Waals surface area (Å²) in [5, 5.41) is 2.89. The minimum atomic E-state index is -0.598. The molecule has 0 spiro atoms.